The van der Waals surface area contributed by atoms with E-state index < -0.39 is 11.6 Å². The van der Waals surface area contributed by atoms with Crippen LogP contribution in [-0.2, 0) is 0 Å². The summed E-state index contributed by atoms with van der Waals surface area (Å²) in [6.07, 6.45) is 5.39. The molecule has 2 heterocycles. The van der Waals surface area contributed by atoms with Gasteiger partial charge in [-0.15, -0.1) is 0 Å². The number of aryl methyl sites for hydroxylation is 1. The molecular formula is C21H16F2N4O2. The lowest BCUT2D eigenvalue weighted by molar-refractivity contribution is 0.112. The van der Waals surface area contributed by atoms with Crippen molar-refractivity contribution in [2.24, 2.45) is 0 Å². The number of nitrogens with zero attached hydrogens (tertiary/aromatic N) is 3. The van der Waals surface area contributed by atoms with Gasteiger partial charge in [0, 0.05) is 29.2 Å². The fourth-order valence-corrected chi connectivity index (χ4v) is 3.12. The number of fused-ring (bicyclic) bond motifs is 1. The van der Waals surface area contributed by atoms with Gasteiger partial charge in [0.05, 0.1) is 19.0 Å². The van der Waals surface area contributed by atoms with E-state index in [4.69, 9.17) is 4.74 Å². The molecular weight excluding hydrogens is 378 g/mol. The summed E-state index contributed by atoms with van der Waals surface area (Å²) < 4.78 is 35.1. The molecule has 8 heteroatoms. The van der Waals surface area contributed by atoms with E-state index in [0.717, 1.165) is 17.5 Å². The summed E-state index contributed by atoms with van der Waals surface area (Å²) >= 11 is 0. The molecule has 0 radical (unpaired) electrons. The Bertz CT molecular complexity index is 1240. The van der Waals surface area contributed by atoms with Crippen LogP contribution in [0.1, 0.15) is 15.9 Å². The van der Waals surface area contributed by atoms with Crippen molar-refractivity contribution in [3.8, 4) is 17.0 Å². The first-order chi connectivity index (χ1) is 14.0. The molecule has 0 aliphatic carbocycles. The Kier molecular flexibility index (Phi) is 4.67. The smallest absolute Gasteiger partial charge is 0.201 e. The number of carbonyl (C=O) groups excluding carboxylic acids is 1. The lowest BCUT2D eigenvalue weighted by Gasteiger charge is -2.10. The van der Waals surface area contributed by atoms with Crippen LogP contribution in [0.15, 0.2) is 48.9 Å². The first kappa shape index (κ1) is 18.5. The number of halogens is 2. The number of hydrogen-bond acceptors (Lipinski definition) is 5. The van der Waals surface area contributed by atoms with Crippen molar-refractivity contribution < 1.29 is 18.3 Å². The number of methoxy groups -OCH3 is 1. The number of hydrogen-bond donors (Lipinski definition) is 1. The third-order valence-electron chi connectivity index (χ3n) is 4.63. The highest BCUT2D eigenvalue weighted by Gasteiger charge is 2.19. The summed E-state index contributed by atoms with van der Waals surface area (Å²) in [7, 11) is 1.28. The van der Waals surface area contributed by atoms with Crippen molar-refractivity contribution in [2.45, 2.75) is 6.92 Å². The topological polar surface area (TPSA) is 68.5 Å². The molecule has 2 aromatic heterocycles. The SMILES string of the molecule is COc1ccc(-c2cnc3c(Nc4ccc(C=O)c(C)c4)nccn23)c(F)c1F. The van der Waals surface area contributed by atoms with Crippen molar-refractivity contribution in [1.29, 1.82) is 0 Å². The number of imidazole rings is 1. The van der Waals surface area contributed by atoms with E-state index in [1.54, 1.807) is 22.7 Å². The van der Waals surface area contributed by atoms with Gasteiger partial charge in [0.1, 0.15) is 6.29 Å². The zero-order chi connectivity index (χ0) is 20.5. The average molecular weight is 394 g/mol. The zero-order valence-electron chi connectivity index (χ0n) is 15.6. The maximum atomic E-state index is 14.5. The van der Waals surface area contributed by atoms with Crippen LogP contribution in [0.4, 0.5) is 20.3 Å². The lowest BCUT2D eigenvalue weighted by atomic mass is 10.1. The molecule has 0 amide bonds. The van der Waals surface area contributed by atoms with Gasteiger partial charge in [0.15, 0.2) is 23.0 Å². The summed E-state index contributed by atoms with van der Waals surface area (Å²) in [6.45, 7) is 1.83. The van der Waals surface area contributed by atoms with Crippen molar-refractivity contribution in [3.63, 3.8) is 0 Å². The molecule has 0 aliphatic heterocycles. The van der Waals surface area contributed by atoms with Crippen LogP contribution in [0.25, 0.3) is 16.9 Å². The third kappa shape index (κ3) is 3.18. The molecule has 0 spiro atoms. The minimum atomic E-state index is -1.06. The maximum absolute atomic E-state index is 14.5. The van der Waals surface area contributed by atoms with Crippen LogP contribution in [0.2, 0.25) is 0 Å². The Balaban J connectivity index is 1.77. The highest BCUT2D eigenvalue weighted by Crippen LogP contribution is 2.31. The van der Waals surface area contributed by atoms with E-state index in [1.807, 2.05) is 13.0 Å². The highest BCUT2D eigenvalue weighted by molar-refractivity contribution is 5.80. The molecule has 0 atom stereocenters. The second-order valence-electron chi connectivity index (χ2n) is 6.37. The number of ether oxygens (including phenoxy) is 1. The van der Waals surface area contributed by atoms with Gasteiger partial charge in [-0.2, -0.15) is 4.39 Å². The van der Waals surface area contributed by atoms with Crippen molar-refractivity contribution in [2.75, 3.05) is 12.4 Å². The molecule has 0 saturated heterocycles. The van der Waals surface area contributed by atoms with Crippen LogP contribution in [-0.4, -0.2) is 27.8 Å². The van der Waals surface area contributed by atoms with Gasteiger partial charge < -0.3 is 10.1 Å². The Labute approximate surface area is 164 Å². The third-order valence-corrected chi connectivity index (χ3v) is 4.63. The fraction of sp³-hybridized carbons (Fsp3) is 0.0952. The largest absolute Gasteiger partial charge is 0.494 e. The molecule has 1 N–H and O–H groups in total. The Morgan fingerprint density at radius 1 is 1.14 bits per heavy atom. The van der Waals surface area contributed by atoms with Crippen LogP contribution in [0.3, 0.4) is 0 Å². The quantitative estimate of drug-likeness (QED) is 0.503. The summed E-state index contributed by atoms with van der Waals surface area (Å²) in [5.41, 5.74) is 3.00. The highest BCUT2D eigenvalue weighted by atomic mass is 19.2. The number of carbonyl (C=O) groups is 1. The average Bonchev–Trinajstić information content (AvgIpc) is 3.15. The number of aromatic nitrogens is 3. The van der Waals surface area contributed by atoms with Crippen molar-refractivity contribution >= 4 is 23.4 Å². The first-order valence-electron chi connectivity index (χ1n) is 8.70. The first-order valence-corrected chi connectivity index (χ1v) is 8.70. The number of benzene rings is 2. The number of aldehydes is 1. The fourth-order valence-electron chi connectivity index (χ4n) is 3.12. The monoisotopic (exact) mass is 394 g/mol. The number of anilines is 2. The van der Waals surface area contributed by atoms with Crippen molar-refractivity contribution in [3.05, 3.63) is 71.7 Å². The van der Waals surface area contributed by atoms with Gasteiger partial charge in [0.2, 0.25) is 5.82 Å². The molecule has 0 unspecified atom stereocenters. The standard InChI is InChI=1S/C21H16F2N4O2/c1-12-9-14(4-3-13(12)11-28)26-20-21-25-10-16(27(21)8-7-24-20)15-5-6-17(29-2)19(23)18(15)22/h3-11H,1-2H3,(H,24,26). The van der Waals surface area contributed by atoms with E-state index in [2.05, 4.69) is 15.3 Å². The second-order valence-corrected chi connectivity index (χ2v) is 6.37. The summed E-state index contributed by atoms with van der Waals surface area (Å²) in [5, 5.41) is 3.15. The Morgan fingerprint density at radius 2 is 1.97 bits per heavy atom. The number of rotatable bonds is 5. The van der Waals surface area contributed by atoms with Gasteiger partial charge in [-0.25, -0.2) is 14.4 Å². The molecule has 4 aromatic rings. The predicted octanol–water partition coefficient (Wildman–Crippen LogP) is 4.55. The Morgan fingerprint density at radius 3 is 2.69 bits per heavy atom. The van der Waals surface area contributed by atoms with Crippen LogP contribution >= 0.6 is 0 Å². The summed E-state index contributed by atoms with van der Waals surface area (Å²) in [6, 6.07) is 8.08. The molecule has 6 nitrogen and oxygen atoms in total. The molecule has 4 rings (SSSR count). The molecule has 0 saturated carbocycles. The van der Waals surface area contributed by atoms with Crippen LogP contribution < -0.4 is 10.1 Å². The maximum Gasteiger partial charge on any atom is 0.201 e. The van der Waals surface area contributed by atoms with E-state index in [9.17, 15) is 13.6 Å². The van der Waals surface area contributed by atoms with E-state index in [0.29, 0.717) is 22.7 Å². The van der Waals surface area contributed by atoms with E-state index in [-0.39, 0.29) is 11.3 Å². The van der Waals surface area contributed by atoms with Gasteiger partial charge >= 0.3 is 0 Å². The van der Waals surface area contributed by atoms with Crippen LogP contribution in [0, 0.1) is 18.6 Å². The minimum absolute atomic E-state index is 0.0548. The molecule has 0 bridgehead atoms. The molecule has 2 aromatic carbocycles. The normalized spacial score (nSPS) is 10.9. The zero-order valence-corrected chi connectivity index (χ0v) is 15.6. The van der Waals surface area contributed by atoms with E-state index >= 15 is 0 Å². The van der Waals surface area contributed by atoms with Crippen molar-refractivity contribution in [1.82, 2.24) is 14.4 Å². The van der Waals surface area contributed by atoms with Gasteiger partial charge in [0.25, 0.3) is 0 Å². The molecule has 29 heavy (non-hydrogen) atoms. The Hall–Kier alpha value is -3.81. The predicted molar refractivity (Wildman–Crippen MR) is 105 cm³/mol. The minimum Gasteiger partial charge on any atom is -0.494 e. The van der Waals surface area contributed by atoms with E-state index in [1.165, 1.54) is 31.6 Å². The van der Waals surface area contributed by atoms with Gasteiger partial charge in [-0.05, 0) is 42.8 Å². The lowest BCUT2D eigenvalue weighted by Crippen LogP contribution is -2.00. The molecule has 0 aliphatic rings. The molecule has 146 valence electrons. The second kappa shape index (κ2) is 7.31. The molecule has 0 fully saturated rings. The summed E-state index contributed by atoms with van der Waals surface area (Å²) in [5.74, 6) is -1.81. The van der Waals surface area contributed by atoms with Gasteiger partial charge in [-0.3, -0.25) is 9.20 Å². The summed E-state index contributed by atoms with van der Waals surface area (Å²) in [4.78, 5) is 19.6. The number of nitrogens with one attached hydrogen (secondary N) is 1. The van der Waals surface area contributed by atoms with Crippen LogP contribution in [0.5, 0.6) is 5.75 Å². The van der Waals surface area contributed by atoms with Gasteiger partial charge in [-0.1, -0.05) is 0 Å².